The monoisotopic (exact) mass is 374 g/mol. The van der Waals surface area contributed by atoms with Crippen molar-refractivity contribution in [2.45, 2.75) is 38.6 Å². The van der Waals surface area contributed by atoms with E-state index in [4.69, 9.17) is 9.47 Å². The summed E-state index contributed by atoms with van der Waals surface area (Å²) in [6, 6.07) is 3.96. The van der Waals surface area contributed by atoms with Crippen LogP contribution in [0.4, 0.5) is 5.82 Å². The smallest absolute Gasteiger partial charge is 0.358 e. The number of nitrogens with zero attached hydrogens (tertiary/aromatic N) is 3. The first-order valence-corrected chi connectivity index (χ1v) is 10.3. The fourth-order valence-corrected chi connectivity index (χ4v) is 4.89. The van der Waals surface area contributed by atoms with E-state index in [1.54, 1.807) is 13.0 Å². The lowest BCUT2D eigenvalue weighted by Gasteiger charge is -2.27. The number of esters is 1. The molecule has 2 saturated heterocycles. The zero-order valence-corrected chi connectivity index (χ0v) is 16.1. The highest BCUT2D eigenvalue weighted by Crippen LogP contribution is 2.39. The molecule has 7 nitrogen and oxygen atoms in total. The van der Waals surface area contributed by atoms with Gasteiger partial charge in [0, 0.05) is 38.9 Å². The molecule has 0 radical (unpaired) electrons. The van der Waals surface area contributed by atoms with Gasteiger partial charge in [-0.1, -0.05) is 0 Å². The molecule has 1 aromatic heterocycles. The Labute approximate surface area is 160 Å². The highest BCUT2D eigenvalue weighted by atomic mass is 16.5. The molecule has 148 valence electrons. The molecule has 1 unspecified atom stereocenters. The second-order valence-corrected chi connectivity index (χ2v) is 8.13. The Morgan fingerprint density at radius 3 is 2.59 bits per heavy atom. The largest absolute Gasteiger partial charge is 0.461 e. The second kappa shape index (κ2) is 8.52. The minimum Gasteiger partial charge on any atom is -0.461 e. The molecule has 2 aliphatic heterocycles. The van der Waals surface area contributed by atoms with E-state index in [0.717, 1.165) is 36.8 Å². The summed E-state index contributed by atoms with van der Waals surface area (Å²) in [4.78, 5) is 14.3. The predicted octanol–water partition coefficient (Wildman–Crippen LogP) is 2.20. The van der Waals surface area contributed by atoms with Gasteiger partial charge in [-0.15, -0.1) is 10.2 Å². The van der Waals surface area contributed by atoms with Gasteiger partial charge in [-0.05, 0) is 62.5 Å². The Kier molecular flexibility index (Phi) is 5.88. The molecule has 1 N–H and O–H groups in total. The number of carbonyl (C=O) groups excluding carboxylic acids is 1. The lowest BCUT2D eigenvalue weighted by Crippen LogP contribution is -2.32. The van der Waals surface area contributed by atoms with Crippen LogP contribution in [-0.4, -0.2) is 66.6 Å². The molecule has 0 amide bonds. The number of ether oxygens (including phenoxy) is 2. The SMILES string of the molecule is CCOC(=O)c1ccc(N[C@@H]2CC3CN(CC4CCOCC4)C[C@H]3C2)nn1. The molecular weight excluding hydrogens is 344 g/mol. The summed E-state index contributed by atoms with van der Waals surface area (Å²) in [7, 11) is 0. The van der Waals surface area contributed by atoms with Crippen LogP contribution in [0.2, 0.25) is 0 Å². The van der Waals surface area contributed by atoms with Gasteiger partial charge < -0.3 is 19.7 Å². The summed E-state index contributed by atoms with van der Waals surface area (Å²) in [5.41, 5.74) is 0.259. The number of hydrogen-bond acceptors (Lipinski definition) is 7. The van der Waals surface area contributed by atoms with Crippen molar-refractivity contribution >= 4 is 11.8 Å². The Balaban J connectivity index is 1.24. The molecule has 1 aliphatic carbocycles. The highest BCUT2D eigenvalue weighted by Gasteiger charge is 2.41. The molecule has 0 spiro atoms. The van der Waals surface area contributed by atoms with Crippen LogP contribution in [0, 0.1) is 17.8 Å². The van der Waals surface area contributed by atoms with Crippen LogP contribution in [-0.2, 0) is 9.47 Å². The van der Waals surface area contributed by atoms with E-state index in [9.17, 15) is 4.79 Å². The summed E-state index contributed by atoms with van der Waals surface area (Å²) in [6.45, 7) is 7.71. The van der Waals surface area contributed by atoms with Crippen molar-refractivity contribution in [3.8, 4) is 0 Å². The van der Waals surface area contributed by atoms with Gasteiger partial charge >= 0.3 is 5.97 Å². The van der Waals surface area contributed by atoms with Gasteiger partial charge in [0.15, 0.2) is 5.69 Å². The van der Waals surface area contributed by atoms with Crippen molar-refractivity contribution < 1.29 is 14.3 Å². The number of likely N-dealkylation sites (tertiary alicyclic amines) is 1. The minimum absolute atomic E-state index is 0.259. The summed E-state index contributed by atoms with van der Waals surface area (Å²) >= 11 is 0. The quantitative estimate of drug-likeness (QED) is 0.765. The number of carbonyl (C=O) groups is 1. The Morgan fingerprint density at radius 1 is 1.22 bits per heavy atom. The molecule has 7 heteroatoms. The second-order valence-electron chi connectivity index (χ2n) is 8.13. The van der Waals surface area contributed by atoms with Gasteiger partial charge in [0.05, 0.1) is 6.61 Å². The molecule has 3 aliphatic rings. The highest BCUT2D eigenvalue weighted by molar-refractivity contribution is 5.87. The van der Waals surface area contributed by atoms with E-state index in [0.29, 0.717) is 12.6 Å². The Bertz CT molecular complexity index is 619. The standard InChI is InChI=1S/C20H30N4O3/c1-2-27-20(25)18-3-4-19(23-22-18)21-17-9-15-12-24(13-16(15)10-17)11-14-5-7-26-8-6-14/h3-4,14-17H,2,5-13H2,1H3,(H,21,23)/t15-,16?,17+/m1/s1. The maximum absolute atomic E-state index is 11.6. The van der Waals surface area contributed by atoms with Gasteiger partial charge in [0.2, 0.25) is 0 Å². The fraction of sp³-hybridized carbons (Fsp3) is 0.750. The van der Waals surface area contributed by atoms with Gasteiger partial charge in [-0.2, -0.15) is 0 Å². The first-order valence-electron chi connectivity index (χ1n) is 10.3. The third kappa shape index (κ3) is 4.58. The third-order valence-electron chi connectivity index (χ3n) is 6.19. The maximum atomic E-state index is 11.6. The van der Waals surface area contributed by atoms with E-state index in [1.165, 1.54) is 45.3 Å². The molecule has 3 heterocycles. The van der Waals surface area contributed by atoms with Crippen LogP contribution >= 0.6 is 0 Å². The molecular formula is C20H30N4O3. The van der Waals surface area contributed by atoms with Crippen molar-refractivity contribution in [1.82, 2.24) is 15.1 Å². The first-order chi connectivity index (χ1) is 13.2. The number of anilines is 1. The Morgan fingerprint density at radius 2 is 1.96 bits per heavy atom. The number of nitrogens with one attached hydrogen (secondary N) is 1. The molecule has 1 aromatic rings. The molecule has 27 heavy (non-hydrogen) atoms. The van der Waals surface area contributed by atoms with Gasteiger partial charge in [-0.3, -0.25) is 0 Å². The van der Waals surface area contributed by atoms with Crippen LogP contribution < -0.4 is 5.32 Å². The number of aromatic nitrogens is 2. The zero-order chi connectivity index (χ0) is 18.6. The summed E-state index contributed by atoms with van der Waals surface area (Å²) in [6.07, 6.45) is 4.82. The molecule has 4 rings (SSSR count). The van der Waals surface area contributed by atoms with Gasteiger partial charge in [-0.25, -0.2) is 4.79 Å². The van der Waals surface area contributed by atoms with Crippen LogP contribution in [0.25, 0.3) is 0 Å². The van der Waals surface area contributed by atoms with Crippen LogP contribution in [0.1, 0.15) is 43.1 Å². The number of hydrogen-bond donors (Lipinski definition) is 1. The number of rotatable bonds is 6. The van der Waals surface area contributed by atoms with E-state index in [1.807, 2.05) is 6.07 Å². The zero-order valence-electron chi connectivity index (χ0n) is 16.1. The third-order valence-corrected chi connectivity index (χ3v) is 6.19. The van der Waals surface area contributed by atoms with Gasteiger partial charge in [0.1, 0.15) is 5.82 Å². The van der Waals surface area contributed by atoms with E-state index in [-0.39, 0.29) is 5.69 Å². The fourth-order valence-electron chi connectivity index (χ4n) is 4.89. The van der Waals surface area contributed by atoms with E-state index < -0.39 is 5.97 Å². The van der Waals surface area contributed by atoms with Crippen molar-refractivity contribution in [2.75, 3.05) is 44.8 Å². The van der Waals surface area contributed by atoms with Crippen LogP contribution in [0.3, 0.4) is 0 Å². The van der Waals surface area contributed by atoms with Crippen molar-refractivity contribution in [3.05, 3.63) is 17.8 Å². The first kappa shape index (κ1) is 18.6. The average molecular weight is 374 g/mol. The minimum atomic E-state index is -0.420. The maximum Gasteiger partial charge on any atom is 0.358 e. The van der Waals surface area contributed by atoms with Crippen LogP contribution in [0.15, 0.2) is 12.1 Å². The van der Waals surface area contributed by atoms with Crippen molar-refractivity contribution in [3.63, 3.8) is 0 Å². The predicted molar refractivity (Wildman–Crippen MR) is 102 cm³/mol. The van der Waals surface area contributed by atoms with Crippen LogP contribution in [0.5, 0.6) is 0 Å². The van der Waals surface area contributed by atoms with E-state index in [2.05, 4.69) is 20.4 Å². The summed E-state index contributed by atoms with van der Waals surface area (Å²) in [5.74, 6) is 2.71. The molecule has 1 saturated carbocycles. The lowest BCUT2D eigenvalue weighted by molar-refractivity contribution is 0.0518. The molecule has 0 bridgehead atoms. The topological polar surface area (TPSA) is 76.6 Å². The Hall–Kier alpha value is -1.73. The molecule has 3 atom stereocenters. The lowest BCUT2D eigenvalue weighted by atomic mass is 10.00. The van der Waals surface area contributed by atoms with Crippen molar-refractivity contribution in [1.29, 1.82) is 0 Å². The van der Waals surface area contributed by atoms with Crippen molar-refractivity contribution in [2.24, 2.45) is 17.8 Å². The average Bonchev–Trinajstić information content (AvgIpc) is 3.21. The molecule has 0 aromatic carbocycles. The normalized spacial score (nSPS) is 28.9. The van der Waals surface area contributed by atoms with E-state index >= 15 is 0 Å². The number of fused-ring (bicyclic) bond motifs is 1. The summed E-state index contributed by atoms with van der Waals surface area (Å²) < 4.78 is 10.4. The van der Waals surface area contributed by atoms with Gasteiger partial charge in [0.25, 0.3) is 0 Å². The summed E-state index contributed by atoms with van der Waals surface area (Å²) in [5, 5.41) is 11.6. The molecule has 3 fully saturated rings.